The van der Waals surface area contributed by atoms with Crippen molar-refractivity contribution in [3.8, 4) is 11.5 Å². The van der Waals surface area contributed by atoms with Crippen molar-refractivity contribution in [3.05, 3.63) is 53.6 Å². The van der Waals surface area contributed by atoms with Gasteiger partial charge in [-0.15, -0.1) is 0 Å². The van der Waals surface area contributed by atoms with Gasteiger partial charge in [0.05, 0.1) is 18.9 Å². The highest BCUT2D eigenvalue weighted by molar-refractivity contribution is 6.05. The molecule has 6 heteroatoms. The fourth-order valence-corrected chi connectivity index (χ4v) is 2.43. The number of anilines is 1. The summed E-state index contributed by atoms with van der Waals surface area (Å²) in [6.45, 7) is 7.35. The van der Waals surface area contributed by atoms with E-state index in [-0.39, 0.29) is 12.0 Å². The van der Waals surface area contributed by atoms with Gasteiger partial charge < -0.3 is 19.5 Å². The fourth-order valence-electron chi connectivity index (χ4n) is 2.43. The van der Waals surface area contributed by atoms with E-state index in [0.29, 0.717) is 22.7 Å². The molecule has 0 bridgehead atoms. The van der Waals surface area contributed by atoms with Crippen LogP contribution in [0.15, 0.2) is 42.5 Å². The van der Waals surface area contributed by atoms with Gasteiger partial charge in [0.1, 0.15) is 11.5 Å². The van der Waals surface area contributed by atoms with Crippen LogP contribution in [0.1, 0.15) is 43.1 Å². The van der Waals surface area contributed by atoms with Gasteiger partial charge in [0.15, 0.2) is 6.10 Å². The summed E-state index contributed by atoms with van der Waals surface area (Å²) in [5.74, 6) is 0.397. The molecule has 1 amide bonds. The lowest BCUT2D eigenvalue weighted by Gasteiger charge is -2.17. The molecule has 2 aromatic rings. The number of hydrogen-bond acceptors (Lipinski definition) is 5. The first-order valence-corrected chi connectivity index (χ1v) is 9.27. The first kappa shape index (κ1) is 21.3. The van der Waals surface area contributed by atoms with Gasteiger partial charge in [-0.05, 0) is 69.2 Å². The molecule has 2 rings (SSSR count). The van der Waals surface area contributed by atoms with E-state index < -0.39 is 12.1 Å². The molecule has 0 radical (unpaired) electrons. The standard InChI is InChI=1S/C22H27NO5/c1-6-15(3)27-22(25)16(4)28-18-10-8-17(9-11-18)21(24)23-19-13-14(2)7-12-20(19)26-5/h7-13,15-16H,6H2,1-5H3,(H,23,24)/t15-,16-/m1/s1. The molecule has 0 aliphatic rings. The average Bonchev–Trinajstić information content (AvgIpc) is 2.68. The Morgan fingerprint density at radius 3 is 2.36 bits per heavy atom. The Morgan fingerprint density at radius 2 is 1.75 bits per heavy atom. The SMILES string of the molecule is CC[C@@H](C)OC(=O)[C@@H](C)Oc1ccc(C(=O)Nc2cc(C)ccc2OC)cc1. The number of ether oxygens (including phenoxy) is 3. The zero-order valence-corrected chi connectivity index (χ0v) is 16.9. The second-order valence-electron chi connectivity index (χ2n) is 6.60. The highest BCUT2D eigenvalue weighted by Crippen LogP contribution is 2.26. The predicted molar refractivity (Wildman–Crippen MR) is 108 cm³/mol. The van der Waals surface area contributed by atoms with Gasteiger partial charge in [-0.1, -0.05) is 13.0 Å². The zero-order chi connectivity index (χ0) is 20.7. The molecule has 28 heavy (non-hydrogen) atoms. The van der Waals surface area contributed by atoms with Crippen LogP contribution in [-0.2, 0) is 9.53 Å². The zero-order valence-electron chi connectivity index (χ0n) is 16.9. The van der Waals surface area contributed by atoms with Crippen molar-refractivity contribution in [2.24, 2.45) is 0 Å². The van der Waals surface area contributed by atoms with E-state index in [1.807, 2.05) is 39.0 Å². The Hall–Kier alpha value is -3.02. The first-order chi connectivity index (χ1) is 13.3. The number of methoxy groups -OCH3 is 1. The Balaban J connectivity index is 2.01. The maximum absolute atomic E-state index is 12.5. The smallest absolute Gasteiger partial charge is 0.347 e. The molecule has 0 spiro atoms. The topological polar surface area (TPSA) is 73.9 Å². The second kappa shape index (κ2) is 9.78. The number of amides is 1. The fraction of sp³-hybridized carbons (Fsp3) is 0.364. The van der Waals surface area contributed by atoms with Gasteiger partial charge in [-0.2, -0.15) is 0 Å². The Morgan fingerprint density at radius 1 is 1.07 bits per heavy atom. The lowest BCUT2D eigenvalue weighted by molar-refractivity contribution is -0.155. The van der Waals surface area contributed by atoms with Crippen molar-refractivity contribution in [2.45, 2.75) is 46.3 Å². The number of rotatable bonds is 8. The van der Waals surface area contributed by atoms with Crippen molar-refractivity contribution in [1.82, 2.24) is 0 Å². The van der Waals surface area contributed by atoms with E-state index in [1.165, 1.54) is 0 Å². The van der Waals surface area contributed by atoms with Crippen molar-refractivity contribution in [2.75, 3.05) is 12.4 Å². The number of carbonyl (C=O) groups is 2. The number of carbonyl (C=O) groups excluding carboxylic acids is 2. The van der Waals surface area contributed by atoms with Crippen LogP contribution in [0, 0.1) is 6.92 Å². The van der Waals surface area contributed by atoms with E-state index in [2.05, 4.69) is 5.32 Å². The molecule has 0 saturated carbocycles. The molecule has 2 aromatic carbocycles. The Bertz CT molecular complexity index is 816. The third-order valence-corrected chi connectivity index (χ3v) is 4.26. The number of esters is 1. The summed E-state index contributed by atoms with van der Waals surface area (Å²) in [4.78, 5) is 24.5. The Kier molecular flexibility index (Phi) is 7.44. The van der Waals surface area contributed by atoms with Crippen molar-refractivity contribution in [1.29, 1.82) is 0 Å². The molecule has 0 unspecified atom stereocenters. The van der Waals surface area contributed by atoms with Crippen molar-refractivity contribution >= 4 is 17.6 Å². The van der Waals surface area contributed by atoms with E-state index in [1.54, 1.807) is 38.3 Å². The molecule has 0 fully saturated rings. The molecule has 1 N–H and O–H groups in total. The summed E-state index contributed by atoms with van der Waals surface area (Å²) in [6.07, 6.45) is -0.137. The van der Waals surface area contributed by atoms with E-state index in [0.717, 1.165) is 12.0 Å². The van der Waals surface area contributed by atoms with Crippen molar-refractivity contribution in [3.63, 3.8) is 0 Å². The van der Waals surface area contributed by atoms with Gasteiger partial charge in [0.25, 0.3) is 5.91 Å². The highest BCUT2D eigenvalue weighted by atomic mass is 16.6. The van der Waals surface area contributed by atoms with Gasteiger partial charge in [-0.3, -0.25) is 4.79 Å². The largest absolute Gasteiger partial charge is 0.495 e. The maximum Gasteiger partial charge on any atom is 0.347 e. The van der Waals surface area contributed by atoms with Crippen LogP contribution in [0.4, 0.5) is 5.69 Å². The molecule has 150 valence electrons. The monoisotopic (exact) mass is 385 g/mol. The molecule has 0 aliphatic heterocycles. The molecular weight excluding hydrogens is 358 g/mol. The van der Waals surface area contributed by atoms with E-state index in [4.69, 9.17) is 14.2 Å². The van der Waals surface area contributed by atoms with Crippen molar-refractivity contribution < 1.29 is 23.8 Å². The molecule has 6 nitrogen and oxygen atoms in total. The Labute approximate surface area is 165 Å². The lowest BCUT2D eigenvalue weighted by atomic mass is 10.1. The molecule has 0 saturated heterocycles. The first-order valence-electron chi connectivity index (χ1n) is 9.27. The second-order valence-corrected chi connectivity index (χ2v) is 6.60. The summed E-state index contributed by atoms with van der Waals surface area (Å²) in [6, 6.07) is 12.1. The number of nitrogens with one attached hydrogen (secondary N) is 1. The van der Waals surface area contributed by atoms with Crippen LogP contribution in [0.2, 0.25) is 0 Å². The summed E-state index contributed by atoms with van der Waals surface area (Å²) in [7, 11) is 1.56. The normalized spacial score (nSPS) is 12.6. The van der Waals surface area contributed by atoms with Crippen LogP contribution < -0.4 is 14.8 Å². The van der Waals surface area contributed by atoms with Gasteiger partial charge in [0.2, 0.25) is 0 Å². The van der Waals surface area contributed by atoms with Crippen LogP contribution >= 0.6 is 0 Å². The van der Waals surface area contributed by atoms with Gasteiger partial charge in [-0.25, -0.2) is 4.79 Å². The van der Waals surface area contributed by atoms with Crippen LogP contribution in [0.3, 0.4) is 0 Å². The molecule has 0 heterocycles. The lowest BCUT2D eigenvalue weighted by Crippen LogP contribution is -2.29. The van der Waals surface area contributed by atoms with Gasteiger partial charge >= 0.3 is 5.97 Å². The number of aryl methyl sites for hydroxylation is 1. The quantitative estimate of drug-likeness (QED) is 0.683. The summed E-state index contributed by atoms with van der Waals surface area (Å²) < 4.78 is 16.1. The van der Waals surface area contributed by atoms with Crippen LogP contribution in [-0.4, -0.2) is 31.2 Å². The molecule has 0 aromatic heterocycles. The van der Waals surface area contributed by atoms with Gasteiger partial charge in [0, 0.05) is 5.56 Å². The molecular formula is C22H27NO5. The number of hydrogen-bond donors (Lipinski definition) is 1. The number of benzene rings is 2. The minimum Gasteiger partial charge on any atom is -0.495 e. The van der Waals surface area contributed by atoms with E-state index >= 15 is 0 Å². The molecule has 0 aliphatic carbocycles. The highest BCUT2D eigenvalue weighted by Gasteiger charge is 2.19. The third kappa shape index (κ3) is 5.74. The van der Waals surface area contributed by atoms with Crippen LogP contribution in [0.5, 0.6) is 11.5 Å². The summed E-state index contributed by atoms with van der Waals surface area (Å²) >= 11 is 0. The summed E-state index contributed by atoms with van der Waals surface area (Å²) in [5, 5.41) is 2.85. The van der Waals surface area contributed by atoms with Crippen LogP contribution in [0.25, 0.3) is 0 Å². The summed E-state index contributed by atoms with van der Waals surface area (Å²) in [5.41, 5.74) is 2.08. The molecule has 2 atom stereocenters. The predicted octanol–water partition coefficient (Wildman–Crippen LogP) is 4.36. The maximum atomic E-state index is 12.5. The minimum absolute atomic E-state index is 0.150. The third-order valence-electron chi connectivity index (χ3n) is 4.26. The minimum atomic E-state index is -0.731. The average molecular weight is 385 g/mol. The van der Waals surface area contributed by atoms with E-state index in [9.17, 15) is 9.59 Å².